The van der Waals surface area contributed by atoms with Gasteiger partial charge in [0.05, 0.1) is 0 Å². The predicted molar refractivity (Wildman–Crippen MR) is 109 cm³/mol. The number of rotatable bonds is 5. The van der Waals surface area contributed by atoms with E-state index in [9.17, 15) is 4.79 Å². The van der Waals surface area contributed by atoms with Gasteiger partial charge in [-0.3, -0.25) is 4.79 Å². The van der Waals surface area contributed by atoms with Gasteiger partial charge in [-0.2, -0.15) is 0 Å². The van der Waals surface area contributed by atoms with Crippen molar-refractivity contribution < 1.29 is 30.8 Å². The molecule has 0 saturated carbocycles. The zero-order valence-corrected chi connectivity index (χ0v) is 18.1. The Hall–Kier alpha value is -2.50. The lowest BCUT2D eigenvalue weighted by atomic mass is 10.2. The van der Waals surface area contributed by atoms with Crippen LogP contribution in [0, 0.1) is 0 Å². The molecule has 0 aliphatic rings. The topological polar surface area (TPSA) is 34.1 Å². The van der Waals surface area contributed by atoms with Crippen molar-refractivity contribution >= 4 is 38.8 Å². The molecule has 0 bridgehead atoms. The number of allylic oxidation sites excluding steroid dienone is 1. The summed E-state index contributed by atoms with van der Waals surface area (Å²) in [6.07, 6.45) is 7.36. The molecule has 0 aliphatic heterocycles. The summed E-state index contributed by atoms with van der Waals surface area (Å²) < 4.78 is 8.80. The molecule has 28 heavy (non-hydrogen) atoms. The fourth-order valence-corrected chi connectivity index (χ4v) is 3.28. The van der Waals surface area contributed by atoms with Gasteiger partial charge >= 0.3 is 0 Å². The van der Waals surface area contributed by atoms with Gasteiger partial charge < -0.3 is 21.4 Å². The van der Waals surface area contributed by atoms with Gasteiger partial charge in [0.2, 0.25) is 5.78 Å². The second kappa shape index (κ2) is 9.13. The SMILES string of the molecule is O=C(/C=C/c1cc[n+](Cc2ccccc2Br)cc1)c1cc2ccccc2o1.[Br-]. The number of fused-ring (bicyclic) bond motifs is 1. The van der Waals surface area contributed by atoms with E-state index in [-0.39, 0.29) is 22.8 Å². The van der Waals surface area contributed by atoms with E-state index in [0.717, 1.165) is 27.6 Å². The molecule has 2 aromatic carbocycles. The predicted octanol–water partition coefficient (Wildman–Crippen LogP) is 2.43. The zero-order chi connectivity index (χ0) is 18.6. The van der Waals surface area contributed by atoms with Crippen LogP contribution in [-0.4, -0.2) is 5.78 Å². The molecular weight excluding hydrogens is 482 g/mol. The Morgan fingerprint density at radius 1 is 1.00 bits per heavy atom. The van der Waals surface area contributed by atoms with Crippen LogP contribution >= 0.6 is 15.9 Å². The largest absolute Gasteiger partial charge is 1.00 e. The molecule has 0 atom stereocenters. The summed E-state index contributed by atoms with van der Waals surface area (Å²) in [6.45, 7) is 0.781. The molecule has 4 aromatic rings. The second-order valence-corrected chi connectivity index (χ2v) is 7.10. The third-order valence-electron chi connectivity index (χ3n) is 4.32. The molecule has 2 aromatic heterocycles. The number of ketones is 1. The van der Waals surface area contributed by atoms with E-state index in [1.807, 2.05) is 67.0 Å². The van der Waals surface area contributed by atoms with Gasteiger partial charge in [-0.1, -0.05) is 58.4 Å². The van der Waals surface area contributed by atoms with Crippen LogP contribution in [0.15, 0.2) is 94.1 Å². The number of benzene rings is 2. The van der Waals surface area contributed by atoms with Gasteiger partial charge in [-0.05, 0) is 29.8 Å². The van der Waals surface area contributed by atoms with Crippen molar-refractivity contribution in [2.75, 3.05) is 0 Å². The average molecular weight is 499 g/mol. The van der Waals surface area contributed by atoms with E-state index in [1.165, 1.54) is 5.56 Å². The second-order valence-electron chi connectivity index (χ2n) is 6.24. The Morgan fingerprint density at radius 3 is 2.46 bits per heavy atom. The number of hydrogen-bond donors (Lipinski definition) is 0. The van der Waals surface area contributed by atoms with Crippen LogP contribution in [-0.2, 0) is 6.54 Å². The first kappa shape index (κ1) is 20.2. The summed E-state index contributed by atoms with van der Waals surface area (Å²) >= 11 is 3.57. The van der Waals surface area contributed by atoms with Crippen molar-refractivity contribution in [2.45, 2.75) is 6.54 Å². The minimum atomic E-state index is -0.142. The van der Waals surface area contributed by atoms with Crippen molar-refractivity contribution in [1.82, 2.24) is 0 Å². The van der Waals surface area contributed by atoms with Crippen LogP contribution in [0.1, 0.15) is 21.7 Å². The number of carbonyl (C=O) groups excluding carboxylic acids is 1. The molecule has 140 valence electrons. The lowest BCUT2D eigenvalue weighted by Gasteiger charge is -2.01. The van der Waals surface area contributed by atoms with E-state index in [1.54, 1.807) is 18.2 Å². The smallest absolute Gasteiger partial charge is 0.221 e. The highest BCUT2D eigenvalue weighted by Crippen LogP contribution is 2.19. The van der Waals surface area contributed by atoms with E-state index in [4.69, 9.17) is 4.42 Å². The molecule has 0 amide bonds. The minimum absolute atomic E-state index is 0. The van der Waals surface area contributed by atoms with Crippen LogP contribution in [0.5, 0.6) is 0 Å². The highest BCUT2D eigenvalue weighted by molar-refractivity contribution is 9.10. The van der Waals surface area contributed by atoms with E-state index < -0.39 is 0 Å². The summed E-state index contributed by atoms with van der Waals surface area (Å²) in [7, 11) is 0. The van der Waals surface area contributed by atoms with Crippen molar-refractivity contribution in [2.24, 2.45) is 0 Å². The Labute approximate surface area is 182 Å². The normalized spacial score (nSPS) is 10.9. The molecule has 5 heteroatoms. The number of carbonyl (C=O) groups is 1. The molecule has 0 unspecified atom stereocenters. The van der Waals surface area contributed by atoms with E-state index >= 15 is 0 Å². The van der Waals surface area contributed by atoms with Crippen molar-refractivity contribution in [3.8, 4) is 0 Å². The molecule has 3 nitrogen and oxygen atoms in total. The standard InChI is InChI=1S/C23H17BrNO2.BrH/c24-20-7-3-1-6-19(20)16-25-13-11-17(12-14-25)9-10-21(26)23-15-18-5-2-4-8-22(18)27-23;/h1-15H,16H2;1H/q+1;/p-1/b10-9+;. The third kappa shape index (κ3) is 4.66. The molecule has 0 N–H and O–H groups in total. The Bertz CT molecular complexity index is 1100. The van der Waals surface area contributed by atoms with Gasteiger partial charge in [0.1, 0.15) is 5.58 Å². The highest BCUT2D eigenvalue weighted by Gasteiger charge is 2.09. The Kier molecular flexibility index (Phi) is 6.60. The maximum Gasteiger partial charge on any atom is 0.221 e. The van der Waals surface area contributed by atoms with E-state index in [0.29, 0.717) is 5.76 Å². The van der Waals surface area contributed by atoms with Crippen molar-refractivity contribution in [3.05, 3.63) is 107 Å². The van der Waals surface area contributed by atoms with Gasteiger partial charge in [-0.25, -0.2) is 4.57 Å². The summed E-state index contributed by atoms with van der Waals surface area (Å²) in [6, 6.07) is 21.5. The number of pyridine rings is 1. The maximum atomic E-state index is 12.3. The van der Waals surface area contributed by atoms with Crippen molar-refractivity contribution in [1.29, 1.82) is 0 Å². The van der Waals surface area contributed by atoms with Crippen LogP contribution < -0.4 is 21.5 Å². The first-order valence-electron chi connectivity index (χ1n) is 8.62. The van der Waals surface area contributed by atoms with E-state index in [2.05, 4.69) is 26.6 Å². The molecule has 0 spiro atoms. The minimum Gasteiger partial charge on any atom is -1.00 e. The quantitative estimate of drug-likeness (QED) is 0.240. The lowest BCUT2D eigenvalue weighted by Crippen LogP contribution is -3.00. The maximum absolute atomic E-state index is 12.3. The monoisotopic (exact) mass is 497 g/mol. The number of para-hydroxylation sites is 1. The number of hydrogen-bond acceptors (Lipinski definition) is 2. The summed E-state index contributed by atoms with van der Waals surface area (Å²) in [5.74, 6) is 0.212. The molecule has 2 heterocycles. The third-order valence-corrected chi connectivity index (χ3v) is 5.10. The lowest BCUT2D eigenvalue weighted by molar-refractivity contribution is -0.688. The number of furan rings is 1. The van der Waals surface area contributed by atoms with Crippen molar-refractivity contribution in [3.63, 3.8) is 0 Å². The van der Waals surface area contributed by atoms with Crippen LogP contribution in [0.3, 0.4) is 0 Å². The van der Waals surface area contributed by atoms with Gasteiger partial charge in [0.15, 0.2) is 24.7 Å². The summed E-state index contributed by atoms with van der Waals surface area (Å²) in [4.78, 5) is 12.3. The number of halogens is 2. The molecule has 0 radical (unpaired) electrons. The number of nitrogens with zero attached hydrogens (tertiary/aromatic N) is 1. The van der Waals surface area contributed by atoms with Gasteiger partial charge in [0.25, 0.3) is 0 Å². The highest BCUT2D eigenvalue weighted by atomic mass is 79.9. The molecule has 0 saturated heterocycles. The van der Waals surface area contributed by atoms with Crippen LogP contribution in [0.25, 0.3) is 17.0 Å². The number of aromatic nitrogens is 1. The first-order chi connectivity index (χ1) is 13.2. The van der Waals surface area contributed by atoms with Gasteiger partial charge in [-0.15, -0.1) is 0 Å². The Balaban J connectivity index is 0.00000225. The molecule has 4 rings (SSSR count). The fourth-order valence-electron chi connectivity index (χ4n) is 2.87. The fraction of sp³-hybridized carbons (Fsp3) is 0.0435. The zero-order valence-electron chi connectivity index (χ0n) is 14.9. The van der Waals surface area contributed by atoms with Crippen LogP contribution in [0.4, 0.5) is 0 Å². The first-order valence-corrected chi connectivity index (χ1v) is 9.42. The molecule has 0 aliphatic carbocycles. The average Bonchev–Trinajstić information content (AvgIpc) is 3.13. The summed E-state index contributed by atoms with van der Waals surface area (Å²) in [5, 5.41) is 0.932. The Morgan fingerprint density at radius 2 is 1.71 bits per heavy atom. The summed E-state index contributed by atoms with van der Waals surface area (Å²) in [5.41, 5.74) is 2.90. The van der Waals surface area contributed by atoms with Gasteiger partial charge in [0, 0.05) is 27.6 Å². The molecular formula is C23H17Br2NO2. The molecule has 0 fully saturated rings. The van der Waals surface area contributed by atoms with Crippen LogP contribution in [0.2, 0.25) is 0 Å².